The number of nitrogens with zero attached hydrogens (tertiary/aromatic N) is 2. The number of carbonyl (C=O) groups is 2. The Morgan fingerprint density at radius 3 is 2.67 bits per heavy atom. The van der Waals surface area contributed by atoms with E-state index >= 15 is 0 Å². The first kappa shape index (κ1) is 18.8. The Labute approximate surface area is 156 Å². The number of hydrogen-bond donors (Lipinski definition) is 1. The molecule has 0 saturated carbocycles. The van der Waals surface area contributed by atoms with E-state index in [1.54, 1.807) is 23.7 Å². The minimum absolute atomic E-state index is 0.345. The minimum atomic E-state index is -4.59. The second-order valence-electron chi connectivity index (χ2n) is 5.79. The van der Waals surface area contributed by atoms with Crippen LogP contribution in [0.25, 0.3) is 10.2 Å². The van der Waals surface area contributed by atoms with Crippen molar-refractivity contribution in [1.82, 2.24) is 9.88 Å². The maximum Gasteiger partial charge on any atom is 0.418 e. The first-order chi connectivity index (χ1) is 12.8. The molecule has 3 rings (SSSR count). The molecule has 0 spiro atoms. The summed E-state index contributed by atoms with van der Waals surface area (Å²) in [6, 6.07) is 9.65. The lowest BCUT2D eigenvalue weighted by Crippen LogP contribution is -2.35. The van der Waals surface area contributed by atoms with E-state index in [9.17, 15) is 22.8 Å². The van der Waals surface area contributed by atoms with Crippen molar-refractivity contribution < 1.29 is 22.8 Å². The van der Waals surface area contributed by atoms with Crippen molar-refractivity contribution in [2.45, 2.75) is 6.18 Å². The zero-order chi connectivity index (χ0) is 19.6. The van der Waals surface area contributed by atoms with Gasteiger partial charge in [-0.3, -0.25) is 9.59 Å². The molecule has 0 radical (unpaired) electrons. The van der Waals surface area contributed by atoms with Crippen molar-refractivity contribution in [2.75, 3.05) is 18.9 Å². The molecule has 9 heteroatoms. The van der Waals surface area contributed by atoms with Crippen LogP contribution in [-0.4, -0.2) is 35.3 Å². The summed E-state index contributed by atoms with van der Waals surface area (Å²) in [6.45, 7) is -0.383. The average Bonchev–Trinajstić information content (AvgIpc) is 3.08. The highest BCUT2D eigenvalue weighted by molar-refractivity contribution is 7.16. The van der Waals surface area contributed by atoms with Gasteiger partial charge in [-0.05, 0) is 30.3 Å². The van der Waals surface area contributed by atoms with Crippen molar-refractivity contribution >= 4 is 39.1 Å². The Morgan fingerprint density at radius 1 is 1.19 bits per heavy atom. The monoisotopic (exact) mass is 393 g/mol. The van der Waals surface area contributed by atoms with Crippen LogP contribution in [0.5, 0.6) is 0 Å². The van der Waals surface area contributed by atoms with E-state index in [0.29, 0.717) is 5.56 Å². The fourth-order valence-corrected chi connectivity index (χ4v) is 3.24. The van der Waals surface area contributed by atoms with Crippen molar-refractivity contribution in [3.63, 3.8) is 0 Å². The van der Waals surface area contributed by atoms with Crippen LogP contribution < -0.4 is 5.32 Å². The lowest BCUT2D eigenvalue weighted by atomic mass is 10.1. The Balaban J connectivity index is 1.70. The highest BCUT2D eigenvalue weighted by atomic mass is 32.1. The number of aromatic nitrogens is 1. The molecular formula is C18H14F3N3O2S. The van der Waals surface area contributed by atoms with Gasteiger partial charge in [0.15, 0.2) is 0 Å². The Hall–Kier alpha value is -2.94. The predicted octanol–water partition coefficient (Wildman–Crippen LogP) is 4.03. The fraction of sp³-hybridized carbons (Fsp3) is 0.167. The van der Waals surface area contributed by atoms with Gasteiger partial charge in [0, 0.05) is 12.6 Å². The highest BCUT2D eigenvalue weighted by Crippen LogP contribution is 2.34. The van der Waals surface area contributed by atoms with E-state index in [2.05, 4.69) is 10.3 Å². The molecule has 3 aromatic rings. The topological polar surface area (TPSA) is 62.3 Å². The van der Waals surface area contributed by atoms with Crippen LogP contribution in [0.3, 0.4) is 0 Å². The molecule has 0 aliphatic carbocycles. The molecular weight excluding hydrogens is 379 g/mol. The molecule has 140 valence electrons. The van der Waals surface area contributed by atoms with Crippen molar-refractivity contribution in [3.05, 3.63) is 59.1 Å². The number of alkyl halides is 3. The fourth-order valence-electron chi connectivity index (χ4n) is 2.52. The van der Waals surface area contributed by atoms with Gasteiger partial charge in [0.05, 0.1) is 33.5 Å². The van der Waals surface area contributed by atoms with Crippen LogP contribution in [0.1, 0.15) is 15.9 Å². The third-order valence-corrected chi connectivity index (χ3v) is 4.60. The van der Waals surface area contributed by atoms with Gasteiger partial charge in [-0.2, -0.15) is 13.2 Å². The van der Waals surface area contributed by atoms with Crippen LogP contribution >= 0.6 is 11.3 Å². The summed E-state index contributed by atoms with van der Waals surface area (Å²) >= 11 is 1.38. The third kappa shape index (κ3) is 4.25. The molecule has 0 bridgehead atoms. The quantitative estimate of drug-likeness (QED) is 0.728. The second-order valence-corrected chi connectivity index (χ2v) is 6.67. The van der Waals surface area contributed by atoms with Gasteiger partial charge in [-0.25, -0.2) is 4.98 Å². The standard InChI is InChI=1S/C18H14F3N3O2S/c1-24(17(26)11-6-7-14-15(8-11)27-10-22-14)9-16(25)23-13-5-3-2-4-12(13)18(19,20)21/h2-8,10H,9H2,1H3,(H,23,25). The number of halogens is 3. The molecule has 1 aromatic heterocycles. The molecule has 1 N–H and O–H groups in total. The molecule has 5 nitrogen and oxygen atoms in total. The van der Waals surface area contributed by atoms with Gasteiger partial charge < -0.3 is 10.2 Å². The van der Waals surface area contributed by atoms with Gasteiger partial charge in [0.25, 0.3) is 5.91 Å². The number of hydrogen-bond acceptors (Lipinski definition) is 4. The summed E-state index contributed by atoms with van der Waals surface area (Å²) < 4.78 is 39.8. The first-order valence-electron chi connectivity index (χ1n) is 7.80. The number of thiazole rings is 1. The van der Waals surface area contributed by atoms with Gasteiger partial charge in [0.2, 0.25) is 5.91 Å². The van der Waals surface area contributed by atoms with Crippen LogP contribution in [0, 0.1) is 0 Å². The average molecular weight is 393 g/mol. The number of fused-ring (bicyclic) bond motifs is 1. The molecule has 0 aliphatic heterocycles. The summed E-state index contributed by atoms with van der Waals surface area (Å²) in [4.78, 5) is 29.9. The van der Waals surface area contributed by atoms with Crippen LogP contribution in [0.15, 0.2) is 48.0 Å². The van der Waals surface area contributed by atoms with E-state index in [1.165, 1.54) is 36.6 Å². The van der Waals surface area contributed by atoms with Crippen LogP contribution in [-0.2, 0) is 11.0 Å². The van der Waals surface area contributed by atoms with E-state index < -0.39 is 23.6 Å². The maximum absolute atomic E-state index is 13.0. The van der Waals surface area contributed by atoms with Gasteiger partial charge in [0.1, 0.15) is 0 Å². The summed E-state index contributed by atoms with van der Waals surface area (Å²) in [5, 5.41) is 2.22. The van der Waals surface area contributed by atoms with Crippen molar-refractivity contribution in [3.8, 4) is 0 Å². The summed E-state index contributed by atoms with van der Waals surface area (Å²) in [5.74, 6) is -1.13. The number of para-hydroxylation sites is 1. The Bertz CT molecular complexity index is 1000. The minimum Gasteiger partial charge on any atom is -0.332 e. The molecule has 1 heterocycles. The van der Waals surface area contributed by atoms with Gasteiger partial charge >= 0.3 is 6.18 Å². The molecule has 2 amide bonds. The predicted molar refractivity (Wildman–Crippen MR) is 96.7 cm³/mol. The number of likely N-dealkylation sites (N-methyl/N-ethyl adjacent to an activating group) is 1. The van der Waals surface area contributed by atoms with E-state index in [-0.39, 0.29) is 12.2 Å². The highest BCUT2D eigenvalue weighted by Gasteiger charge is 2.33. The molecule has 27 heavy (non-hydrogen) atoms. The number of nitrogens with one attached hydrogen (secondary N) is 1. The van der Waals surface area contributed by atoms with Crippen LogP contribution in [0.2, 0.25) is 0 Å². The lowest BCUT2D eigenvalue weighted by molar-refractivity contribution is -0.137. The van der Waals surface area contributed by atoms with Gasteiger partial charge in [-0.1, -0.05) is 12.1 Å². The molecule has 0 unspecified atom stereocenters. The first-order valence-corrected chi connectivity index (χ1v) is 8.68. The molecule has 0 aliphatic rings. The van der Waals surface area contributed by atoms with Crippen molar-refractivity contribution in [1.29, 1.82) is 0 Å². The smallest absolute Gasteiger partial charge is 0.332 e. The SMILES string of the molecule is CN(CC(=O)Nc1ccccc1C(F)(F)F)C(=O)c1ccc2ncsc2c1. The largest absolute Gasteiger partial charge is 0.418 e. The second kappa shape index (κ2) is 7.36. The molecule has 2 aromatic carbocycles. The van der Waals surface area contributed by atoms with Gasteiger partial charge in [-0.15, -0.1) is 11.3 Å². The van der Waals surface area contributed by atoms with E-state index in [1.807, 2.05) is 0 Å². The maximum atomic E-state index is 13.0. The number of amides is 2. The normalized spacial score (nSPS) is 11.4. The molecule has 0 atom stereocenters. The summed E-state index contributed by atoms with van der Waals surface area (Å²) in [6.07, 6.45) is -4.59. The van der Waals surface area contributed by atoms with Crippen LogP contribution in [0.4, 0.5) is 18.9 Å². The van der Waals surface area contributed by atoms with E-state index in [0.717, 1.165) is 21.2 Å². The Kier molecular flexibility index (Phi) is 5.13. The third-order valence-electron chi connectivity index (χ3n) is 3.81. The zero-order valence-corrected chi connectivity index (χ0v) is 14.9. The number of carbonyl (C=O) groups excluding carboxylic acids is 2. The van der Waals surface area contributed by atoms with E-state index in [4.69, 9.17) is 0 Å². The number of anilines is 1. The number of rotatable bonds is 4. The Morgan fingerprint density at radius 2 is 1.93 bits per heavy atom. The summed E-state index contributed by atoms with van der Waals surface area (Å²) in [7, 11) is 1.41. The van der Waals surface area contributed by atoms with Crippen molar-refractivity contribution in [2.24, 2.45) is 0 Å². The zero-order valence-electron chi connectivity index (χ0n) is 14.1. The molecule has 0 saturated heterocycles. The summed E-state index contributed by atoms with van der Waals surface area (Å²) in [5.41, 5.74) is 1.51. The lowest BCUT2D eigenvalue weighted by Gasteiger charge is -2.18. The molecule has 0 fully saturated rings. The number of benzene rings is 2.